The number of carbonyl (C=O) groups is 1. The summed E-state index contributed by atoms with van der Waals surface area (Å²) in [5, 5.41) is 0. The van der Waals surface area contributed by atoms with Gasteiger partial charge in [0.05, 0.1) is 19.2 Å². The Kier molecular flexibility index (Phi) is 5.79. The Balaban J connectivity index is 1.70. The Morgan fingerprint density at radius 2 is 1.65 bits per heavy atom. The Morgan fingerprint density at radius 3 is 2.44 bits per heavy atom. The molecule has 168 valence electrons. The molecule has 0 amide bonds. The molecule has 5 rings (SSSR count). The molecule has 5 aromatic rings. The molecular weight excluding hydrogens is 426 g/mol. The van der Waals surface area contributed by atoms with Crippen molar-refractivity contribution in [2.45, 2.75) is 13.5 Å². The third kappa shape index (κ3) is 4.26. The van der Waals surface area contributed by atoms with Crippen molar-refractivity contribution in [3.05, 3.63) is 96.7 Å². The van der Waals surface area contributed by atoms with Crippen LogP contribution in [0.5, 0.6) is 11.5 Å². The molecule has 0 spiro atoms. The summed E-state index contributed by atoms with van der Waals surface area (Å²) in [6.45, 7) is 1.85. The molecule has 0 unspecified atom stereocenters. The zero-order valence-electron chi connectivity index (χ0n) is 18.9. The molecule has 6 nitrogen and oxygen atoms in total. The molecular formula is C28H23N3O3. The lowest BCUT2D eigenvalue weighted by Crippen LogP contribution is -2.08. The fraction of sp³-hybridized carbons (Fsp3) is 0.107. The third-order valence-corrected chi connectivity index (χ3v) is 5.60. The van der Waals surface area contributed by atoms with Crippen LogP contribution in [-0.4, -0.2) is 27.6 Å². The molecule has 0 aliphatic rings. The molecule has 0 atom stereocenters. The number of para-hydroxylation sites is 1. The maximum absolute atomic E-state index is 11.7. The minimum absolute atomic E-state index is 0.357. The second kappa shape index (κ2) is 9.19. The second-order valence-electron chi connectivity index (χ2n) is 7.89. The number of fused-ring (bicyclic) bond motifs is 1. The van der Waals surface area contributed by atoms with E-state index in [1.807, 2.05) is 66.9 Å². The number of esters is 1. The summed E-state index contributed by atoms with van der Waals surface area (Å²) in [6, 6.07) is 27.5. The van der Waals surface area contributed by atoms with Gasteiger partial charge in [0, 0.05) is 29.8 Å². The molecule has 2 heterocycles. The summed E-state index contributed by atoms with van der Waals surface area (Å²) in [5.41, 5.74) is 5.38. The number of rotatable bonds is 6. The number of hydrogen-bond donors (Lipinski definition) is 0. The van der Waals surface area contributed by atoms with Gasteiger partial charge >= 0.3 is 5.97 Å². The van der Waals surface area contributed by atoms with E-state index in [1.54, 1.807) is 13.2 Å². The Labute approximate surface area is 197 Å². The number of hydrogen-bond acceptors (Lipinski definition) is 5. The number of methoxy groups -OCH3 is 1. The number of ether oxygens (including phenoxy) is 2. The van der Waals surface area contributed by atoms with Crippen molar-refractivity contribution >= 4 is 17.1 Å². The molecule has 0 bridgehead atoms. The first-order valence-electron chi connectivity index (χ1n) is 10.9. The summed E-state index contributed by atoms with van der Waals surface area (Å²) in [6.07, 6.45) is 1.84. The summed E-state index contributed by atoms with van der Waals surface area (Å²) >= 11 is 0. The lowest BCUT2D eigenvalue weighted by Gasteiger charge is -2.13. The number of aromatic nitrogens is 3. The summed E-state index contributed by atoms with van der Waals surface area (Å²) in [4.78, 5) is 21.2. The second-order valence-corrected chi connectivity index (χ2v) is 7.89. The van der Waals surface area contributed by atoms with Crippen molar-refractivity contribution in [3.63, 3.8) is 0 Å². The van der Waals surface area contributed by atoms with Gasteiger partial charge in [0.25, 0.3) is 0 Å². The van der Waals surface area contributed by atoms with Gasteiger partial charge in [-0.2, -0.15) is 0 Å². The Bertz CT molecular complexity index is 1480. The number of imidazole rings is 1. The average Bonchev–Trinajstić information content (AvgIpc) is 3.23. The van der Waals surface area contributed by atoms with Gasteiger partial charge < -0.3 is 14.0 Å². The van der Waals surface area contributed by atoms with Crippen molar-refractivity contribution in [1.29, 1.82) is 0 Å². The first-order valence-corrected chi connectivity index (χ1v) is 10.9. The maximum atomic E-state index is 11.7. The van der Waals surface area contributed by atoms with Crippen molar-refractivity contribution in [1.82, 2.24) is 14.5 Å². The first kappa shape index (κ1) is 21.4. The predicted octanol–water partition coefficient (Wildman–Crippen LogP) is 5.75. The van der Waals surface area contributed by atoms with E-state index in [9.17, 15) is 4.79 Å². The molecule has 0 fully saturated rings. The fourth-order valence-corrected chi connectivity index (χ4v) is 4.00. The monoisotopic (exact) mass is 449 g/mol. The highest BCUT2D eigenvalue weighted by Gasteiger charge is 2.17. The molecule has 0 aliphatic heterocycles. The van der Waals surface area contributed by atoms with Crippen LogP contribution in [0.15, 0.2) is 91.1 Å². The SMILES string of the molecule is COc1cccc(-c2nc3ncc(-c4ccccc4)cc3n2Cc2ccccc2OC(C)=O)c1. The highest BCUT2D eigenvalue weighted by atomic mass is 16.5. The minimum atomic E-state index is -0.357. The molecule has 34 heavy (non-hydrogen) atoms. The number of benzene rings is 3. The molecule has 3 aromatic carbocycles. The molecule has 2 aromatic heterocycles. The third-order valence-electron chi connectivity index (χ3n) is 5.60. The van der Waals surface area contributed by atoms with Crippen LogP contribution in [0.2, 0.25) is 0 Å². The van der Waals surface area contributed by atoms with E-state index < -0.39 is 0 Å². The van der Waals surface area contributed by atoms with Crippen LogP contribution in [0, 0.1) is 0 Å². The van der Waals surface area contributed by atoms with Gasteiger partial charge in [-0.05, 0) is 29.8 Å². The molecule has 0 N–H and O–H groups in total. The summed E-state index contributed by atoms with van der Waals surface area (Å²) in [7, 11) is 1.64. The van der Waals surface area contributed by atoms with Crippen LogP contribution in [0.4, 0.5) is 0 Å². The van der Waals surface area contributed by atoms with Crippen LogP contribution in [0.25, 0.3) is 33.7 Å². The van der Waals surface area contributed by atoms with E-state index in [0.717, 1.165) is 39.3 Å². The zero-order chi connectivity index (χ0) is 23.5. The minimum Gasteiger partial charge on any atom is -0.497 e. The highest BCUT2D eigenvalue weighted by molar-refractivity contribution is 5.82. The van der Waals surface area contributed by atoms with E-state index in [-0.39, 0.29) is 5.97 Å². The molecule has 0 aliphatic carbocycles. The maximum Gasteiger partial charge on any atom is 0.308 e. The fourth-order valence-electron chi connectivity index (χ4n) is 4.00. The zero-order valence-corrected chi connectivity index (χ0v) is 18.9. The van der Waals surface area contributed by atoms with Gasteiger partial charge in [-0.1, -0.05) is 60.7 Å². The smallest absolute Gasteiger partial charge is 0.308 e. The average molecular weight is 450 g/mol. The molecule has 6 heteroatoms. The van der Waals surface area contributed by atoms with E-state index >= 15 is 0 Å². The summed E-state index contributed by atoms with van der Waals surface area (Å²) < 4.78 is 13.0. The topological polar surface area (TPSA) is 66.2 Å². The van der Waals surface area contributed by atoms with E-state index in [1.165, 1.54) is 6.92 Å². The number of pyridine rings is 1. The van der Waals surface area contributed by atoms with Gasteiger partial charge in [-0.15, -0.1) is 0 Å². The predicted molar refractivity (Wildman–Crippen MR) is 132 cm³/mol. The van der Waals surface area contributed by atoms with E-state index in [0.29, 0.717) is 17.9 Å². The number of carbonyl (C=O) groups excluding carboxylic acids is 1. The van der Waals surface area contributed by atoms with Crippen LogP contribution >= 0.6 is 0 Å². The van der Waals surface area contributed by atoms with Crippen LogP contribution < -0.4 is 9.47 Å². The Morgan fingerprint density at radius 1 is 0.882 bits per heavy atom. The Hall–Kier alpha value is -4.45. The van der Waals surface area contributed by atoms with E-state index in [4.69, 9.17) is 14.5 Å². The number of nitrogens with zero attached hydrogens (tertiary/aromatic N) is 3. The van der Waals surface area contributed by atoms with Crippen molar-refractivity contribution in [2.24, 2.45) is 0 Å². The highest BCUT2D eigenvalue weighted by Crippen LogP contribution is 2.31. The van der Waals surface area contributed by atoms with Crippen LogP contribution in [0.1, 0.15) is 12.5 Å². The van der Waals surface area contributed by atoms with Gasteiger partial charge in [0.1, 0.15) is 17.3 Å². The van der Waals surface area contributed by atoms with Crippen LogP contribution in [0.3, 0.4) is 0 Å². The lowest BCUT2D eigenvalue weighted by molar-refractivity contribution is -0.131. The molecule has 0 saturated heterocycles. The summed E-state index contributed by atoms with van der Waals surface area (Å²) in [5.74, 6) is 1.67. The van der Waals surface area contributed by atoms with Crippen molar-refractivity contribution in [2.75, 3.05) is 7.11 Å². The van der Waals surface area contributed by atoms with Crippen molar-refractivity contribution < 1.29 is 14.3 Å². The van der Waals surface area contributed by atoms with Crippen molar-refractivity contribution in [3.8, 4) is 34.0 Å². The van der Waals surface area contributed by atoms with Gasteiger partial charge in [-0.25, -0.2) is 9.97 Å². The van der Waals surface area contributed by atoms with Gasteiger partial charge in [-0.3, -0.25) is 4.79 Å². The van der Waals surface area contributed by atoms with E-state index in [2.05, 4.69) is 27.8 Å². The standard InChI is InChI=1S/C28H23N3O3/c1-19(32)34-26-14-7-6-11-22(26)18-31-25-16-23(20-9-4-3-5-10-20)17-29-27(25)30-28(31)21-12-8-13-24(15-21)33-2/h3-17H,18H2,1-2H3. The quantitative estimate of drug-likeness (QED) is 0.244. The van der Waals surface area contributed by atoms with Gasteiger partial charge in [0.2, 0.25) is 0 Å². The molecule has 0 radical (unpaired) electrons. The normalized spacial score (nSPS) is 10.9. The van der Waals surface area contributed by atoms with Crippen LogP contribution in [-0.2, 0) is 11.3 Å². The molecule has 0 saturated carbocycles. The largest absolute Gasteiger partial charge is 0.497 e. The first-order chi connectivity index (χ1) is 16.6. The van der Waals surface area contributed by atoms with Gasteiger partial charge in [0.15, 0.2) is 5.65 Å². The lowest BCUT2D eigenvalue weighted by atomic mass is 10.1.